The van der Waals surface area contributed by atoms with Gasteiger partial charge in [-0.3, -0.25) is 0 Å². The molecule has 1 atom stereocenters. The van der Waals surface area contributed by atoms with Gasteiger partial charge in [0, 0.05) is 17.9 Å². The van der Waals surface area contributed by atoms with Gasteiger partial charge in [-0.1, -0.05) is 20.8 Å². The second kappa shape index (κ2) is 3.78. The Labute approximate surface area is 96.7 Å². The molecule has 2 nitrogen and oxygen atoms in total. The van der Waals surface area contributed by atoms with E-state index < -0.39 is 0 Å². The van der Waals surface area contributed by atoms with Crippen LogP contribution in [0.5, 0.6) is 0 Å². The van der Waals surface area contributed by atoms with Crippen molar-refractivity contribution < 1.29 is 0 Å². The Kier molecular flexibility index (Phi) is 2.75. The van der Waals surface area contributed by atoms with Crippen molar-refractivity contribution in [3.8, 4) is 0 Å². The normalized spacial score (nSPS) is 24.6. The van der Waals surface area contributed by atoms with Crippen LogP contribution in [0.15, 0.2) is 6.20 Å². The van der Waals surface area contributed by atoms with E-state index in [0.29, 0.717) is 11.5 Å². The van der Waals surface area contributed by atoms with Gasteiger partial charge < -0.3 is 9.55 Å². The van der Waals surface area contributed by atoms with Crippen LogP contribution < -0.4 is 0 Å². The SMILES string of the molecule is CCc1c[nH]c(=S)n1C1CCC(C)(C)C1. The molecule has 1 unspecified atom stereocenters. The summed E-state index contributed by atoms with van der Waals surface area (Å²) in [4.78, 5) is 3.17. The highest BCUT2D eigenvalue weighted by atomic mass is 32.1. The van der Waals surface area contributed by atoms with Crippen LogP contribution in [-0.2, 0) is 6.42 Å². The largest absolute Gasteiger partial charge is 0.337 e. The standard InChI is InChI=1S/C12H20N2S/c1-4-9-8-13-11(15)14(9)10-5-6-12(2,3)7-10/h8,10H,4-7H2,1-3H3,(H,13,15). The van der Waals surface area contributed by atoms with E-state index in [4.69, 9.17) is 12.2 Å². The molecule has 1 saturated carbocycles. The highest BCUT2D eigenvalue weighted by molar-refractivity contribution is 7.71. The Hall–Kier alpha value is -0.570. The number of aromatic nitrogens is 2. The van der Waals surface area contributed by atoms with Gasteiger partial charge in [0.15, 0.2) is 4.77 Å². The number of hydrogen-bond acceptors (Lipinski definition) is 1. The third-order valence-electron chi connectivity index (χ3n) is 3.56. The number of hydrogen-bond donors (Lipinski definition) is 1. The van der Waals surface area contributed by atoms with E-state index in [0.717, 1.165) is 11.2 Å². The van der Waals surface area contributed by atoms with Gasteiger partial charge in [-0.05, 0) is 43.3 Å². The van der Waals surface area contributed by atoms with E-state index in [2.05, 4.69) is 36.5 Å². The van der Waals surface area contributed by atoms with Gasteiger partial charge in [-0.2, -0.15) is 0 Å². The summed E-state index contributed by atoms with van der Waals surface area (Å²) in [5, 5.41) is 0. The average molecular weight is 224 g/mol. The topological polar surface area (TPSA) is 20.7 Å². The van der Waals surface area contributed by atoms with Gasteiger partial charge in [0.25, 0.3) is 0 Å². The van der Waals surface area contributed by atoms with Crippen molar-refractivity contribution in [3.05, 3.63) is 16.7 Å². The molecule has 1 heterocycles. The Balaban J connectivity index is 2.31. The van der Waals surface area contributed by atoms with Crippen LogP contribution >= 0.6 is 12.2 Å². The highest BCUT2D eigenvalue weighted by Crippen LogP contribution is 2.43. The molecule has 0 amide bonds. The van der Waals surface area contributed by atoms with E-state index >= 15 is 0 Å². The first-order chi connectivity index (χ1) is 7.03. The third kappa shape index (κ3) is 2.03. The number of aryl methyl sites for hydroxylation is 1. The fourth-order valence-electron chi connectivity index (χ4n) is 2.71. The first-order valence-electron chi connectivity index (χ1n) is 5.82. The number of imidazole rings is 1. The van der Waals surface area contributed by atoms with Gasteiger partial charge in [0.2, 0.25) is 0 Å². The summed E-state index contributed by atoms with van der Waals surface area (Å²) in [6.07, 6.45) is 6.96. The van der Waals surface area contributed by atoms with Crippen LogP contribution in [0, 0.1) is 10.2 Å². The van der Waals surface area contributed by atoms with Crippen molar-refractivity contribution in [3.63, 3.8) is 0 Å². The van der Waals surface area contributed by atoms with Crippen molar-refractivity contribution in [2.45, 2.75) is 52.5 Å². The molecule has 2 rings (SSSR count). The summed E-state index contributed by atoms with van der Waals surface area (Å²) in [6.45, 7) is 6.90. The van der Waals surface area contributed by atoms with Gasteiger partial charge in [0.1, 0.15) is 0 Å². The zero-order valence-electron chi connectivity index (χ0n) is 9.84. The molecule has 1 fully saturated rings. The van der Waals surface area contributed by atoms with Crippen molar-refractivity contribution in [1.29, 1.82) is 0 Å². The summed E-state index contributed by atoms with van der Waals surface area (Å²) in [5.41, 5.74) is 1.84. The van der Waals surface area contributed by atoms with Crippen molar-refractivity contribution in [2.75, 3.05) is 0 Å². The van der Waals surface area contributed by atoms with Crippen LogP contribution in [0.3, 0.4) is 0 Å². The molecule has 1 aromatic heterocycles. The molecule has 1 aliphatic carbocycles. The van der Waals surface area contributed by atoms with Crippen LogP contribution in [0.1, 0.15) is 51.8 Å². The molecule has 0 saturated heterocycles. The number of nitrogens with zero attached hydrogens (tertiary/aromatic N) is 1. The summed E-state index contributed by atoms with van der Waals surface area (Å²) < 4.78 is 3.24. The molecule has 1 aromatic rings. The lowest BCUT2D eigenvalue weighted by molar-refractivity contribution is 0.356. The van der Waals surface area contributed by atoms with E-state index in [1.54, 1.807) is 0 Å². The van der Waals surface area contributed by atoms with E-state index in [1.165, 1.54) is 25.0 Å². The molecule has 0 spiro atoms. The zero-order chi connectivity index (χ0) is 11.1. The smallest absolute Gasteiger partial charge is 0.177 e. The predicted molar refractivity (Wildman–Crippen MR) is 65.7 cm³/mol. The number of nitrogens with one attached hydrogen (secondary N) is 1. The third-order valence-corrected chi connectivity index (χ3v) is 3.87. The Morgan fingerprint density at radius 1 is 1.60 bits per heavy atom. The second-order valence-corrected chi connectivity index (χ2v) is 5.76. The van der Waals surface area contributed by atoms with Gasteiger partial charge in [0.05, 0.1) is 0 Å². The lowest BCUT2D eigenvalue weighted by Gasteiger charge is -2.19. The summed E-state index contributed by atoms with van der Waals surface area (Å²) in [7, 11) is 0. The molecule has 3 heteroatoms. The highest BCUT2D eigenvalue weighted by Gasteiger charge is 2.32. The van der Waals surface area contributed by atoms with Gasteiger partial charge >= 0.3 is 0 Å². The quantitative estimate of drug-likeness (QED) is 0.757. The summed E-state index contributed by atoms with van der Waals surface area (Å²) in [6, 6.07) is 0.619. The van der Waals surface area contributed by atoms with Crippen LogP contribution in [-0.4, -0.2) is 9.55 Å². The average Bonchev–Trinajstić information content (AvgIpc) is 2.69. The van der Waals surface area contributed by atoms with Gasteiger partial charge in [-0.15, -0.1) is 0 Å². The van der Waals surface area contributed by atoms with E-state index in [-0.39, 0.29) is 0 Å². The van der Waals surface area contributed by atoms with Gasteiger partial charge in [-0.25, -0.2) is 0 Å². The fraction of sp³-hybridized carbons (Fsp3) is 0.750. The lowest BCUT2D eigenvalue weighted by Crippen LogP contribution is -2.11. The Bertz CT molecular complexity index is 400. The molecule has 84 valence electrons. The molecule has 0 aliphatic heterocycles. The van der Waals surface area contributed by atoms with E-state index in [9.17, 15) is 0 Å². The fourth-order valence-corrected chi connectivity index (χ4v) is 3.03. The molecule has 0 aromatic carbocycles. The molecule has 1 aliphatic rings. The molecular formula is C12H20N2S. The zero-order valence-corrected chi connectivity index (χ0v) is 10.7. The number of rotatable bonds is 2. The molecule has 15 heavy (non-hydrogen) atoms. The first kappa shape index (κ1) is 10.9. The maximum absolute atomic E-state index is 5.36. The van der Waals surface area contributed by atoms with Crippen LogP contribution in [0.2, 0.25) is 0 Å². The summed E-state index contributed by atoms with van der Waals surface area (Å²) >= 11 is 5.36. The Morgan fingerprint density at radius 3 is 2.87 bits per heavy atom. The minimum Gasteiger partial charge on any atom is -0.337 e. The monoisotopic (exact) mass is 224 g/mol. The maximum Gasteiger partial charge on any atom is 0.177 e. The number of aromatic amines is 1. The molecule has 0 bridgehead atoms. The predicted octanol–water partition coefficient (Wildman–Crippen LogP) is 3.86. The minimum atomic E-state index is 0.488. The van der Waals surface area contributed by atoms with Crippen LogP contribution in [0.4, 0.5) is 0 Å². The van der Waals surface area contributed by atoms with Crippen molar-refractivity contribution in [1.82, 2.24) is 9.55 Å². The molecule has 1 N–H and O–H groups in total. The van der Waals surface area contributed by atoms with Crippen molar-refractivity contribution >= 4 is 12.2 Å². The van der Waals surface area contributed by atoms with Crippen LogP contribution in [0.25, 0.3) is 0 Å². The number of H-pyrrole nitrogens is 1. The Morgan fingerprint density at radius 2 is 2.33 bits per heavy atom. The molecular weight excluding hydrogens is 204 g/mol. The molecule has 0 radical (unpaired) electrons. The van der Waals surface area contributed by atoms with E-state index in [1.807, 2.05) is 0 Å². The second-order valence-electron chi connectivity index (χ2n) is 5.37. The first-order valence-corrected chi connectivity index (χ1v) is 6.23. The lowest BCUT2D eigenvalue weighted by atomic mass is 9.92. The maximum atomic E-state index is 5.36. The summed E-state index contributed by atoms with van der Waals surface area (Å²) in [5.74, 6) is 0. The minimum absolute atomic E-state index is 0.488. The van der Waals surface area contributed by atoms with Crippen molar-refractivity contribution in [2.24, 2.45) is 5.41 Å².